The van der Waals surface area contributed by atoms with Gasteiger partial charge < -0.3 is 27.9 Å². The number of benzene rings is 1. The number of H-pyrrole nitrogens is 1. The molecule has 4 amide bonds. The van der Waals surface area contributed by atoms with E-state index in [1.165, 1.54) is 0 Å². The number of nitrogens with one attached hydrogen (secondary N) is 1. The lowest BCUT2D eigenvalue weighted by Crippen LogP contribution is -2.34. The molecular weight excluding hydrogens is 302 g/mol. The smallest absolute Gasteiger partial charge is 0.256 e. The molecule has 118 valence electrons. The molecule has 2 aromatic rings. The average Bonchev–Trinajstić information content (AvgIpc) is 2.77. The van der Waals surface area contributed by atoms with Gasteiger partial charge in [-0.05, 0) is 0 Å². The fourth-order valence-electron chi connectivity index (χ4n) is 2.31. The largest absolute Gasteiger partial charge is 0.365 e. The second-order valence-corrected chi connectivity index (χ2v) is 4.63. The van der Waals surface area contributed by atoms with E-state index in [-0.39, 0.29) is 10.7 Å². The molecule has 0 saturated heterocycles. The van der Waals surface area contributed by atoms with Crippen molar-refractivity contribution in [1.82, 2.24) is 4.98 Å². The third-order valence-corrected chi connectivity index (χ3v) is 3.20. The minimum Gasteiger partial charge on any atom is -0.365 e. The third kappa shape index (κ3) is 2.62. The number of aromatic amines is 1. The van der Waals surface area contributed by atoms with Crippen LogP contribution in [-0.4, -0.2) is 28.6 Å². The number of hydrogen-bond donors (Lipinski definition) is 5. The van der Waals surface area contributed by atoms with Gasteiger partial charge in [0.2, 0.25) is 0 Å². The molecule has 2 rings (SSSR count). The highest BCUT2D eigenvalue weighted by Gasteiger charge is 2.20. The van der Waals surface area contributed by atoms with Crippen LogP contribution >= 0.6 is 0 Å². The van der Waals surface area contributed by atoms with Crippen LogP contribution in [0.4, 0.5) is 0 Å². The Balaban J connectivity index is 3.23. The van der Waals surface area contributed by atoms with Crippen LogP contribution in [0.2, 0.25) is 0 Å². The molecule has 0 saturated carbocycles. The van der Waals surface area contributed by atoms with E-state index in [1.54, 1.807) is 24.3 Å². The lowest BCUT2D eigenvalue weighted by Gasteiger charge is -1.96. The van der Waals surface area contributed by atoms with Crippen LogP contribution in [0.1, 0.15) is 0 Å². The van der Waals surface area contributed by atoms with E-state index in [9.17, 15) is 19.2 Å². The zero-order valence-corrected chi connectivity index (χ0v) is 11.8. The topological polar surface area (TPSA) is 188 Å². The van der Waals surface area contributed by atoms with Crippen molar-refractivity contribution in [2.45, 2.75) is 0 Å². The van der Waals surface area contributed by atoms with Gasteiger partial charge in [0.1, 0.15) is 11.1 Å². The van der Waals surface area contributed by atoms with Crippen molar-refractivity contribution in [1.29, 1.82) is 0 Å². The Hall–Kier alpha value is -3.62. The Morgan fingerprint density at radius 1 is 0.652 bits per heavy atom. The van der Waals surface area contributed by atoms with Crippen molar-refractivity contribution >= 4 is 45.5 Å². The molecule has 0 radical (unpaired) electrons. The summed E-state index contributed by atoms with van der Waals surface area (Å²) in [6, 6.07) is 6.35. The van der Waals surface area contributed by atoms with E-state index in [2.05, 4.69) is 4.98 Å². The molecule has 1 aromatic carbocycles. The Bertz CT molecular complexity index is 876. The van der Waals surface area contributed by atoms with E-state index in [0.717, 1.165) is 0 Å². The molecule has 0 aliphatic rings. The molecule has 0 spiro atoms. The monoisotopic (exact) mass is 315 g/mol. The third-order valence-electron chi connectivity index (χ3n) is 3.20. The lowest BCUT2D eigenvalue weighted by atomic mass is 10.1. The second kappa shape index (κ2) is 5.64. The van der Waals surface area contributed by atoms with Gasteiger partial charge in [0.25, 0.3) is 23.6 Å². The fraction of sp³-hybridized carbons (Fsp3) is 0. The summed E-state index contributed by atoms with van der Waals surface area (Å²) in [6.07, 6.45) is 0. The lowest BCUT2D eigenvalue weighted by molar-refractivity contribution is -0.119. The summed E-state index contributed by atoms with van der Waals surface area (Å²) in [6.45, 7) is 0. The minimum atomic E-state index is -1.06. The first kappa shape index (κ1) is 15.8. The number of rotatable bonds is 4. The summed E-state index contributed by atoms with van der Waals surface area (Å²) in [7, 11) is 0. The van der Waals surface area contributed by atoms with Crippen LogP contribution in [0.5, 0.6) is 0 Å². The average molecular weight is 315 g/mol. The number of amides is 4. The first-order chi connectivity index (χ1) is 10.8. The zero-order valence-electron chi connectivity index (χ0n) is 11.8. The van der Waals surface area contributed by atoms with Gasteiger partial charge >= 0.3 is 0 Å². The summed E-state index contributed by atoms with van der Waals surface area (Å²) in [4.78, 5) is 48.7. The van der Waals surface area contributed by atoms with Crippen LogP contribution in [0.3, 0.4) is 0 Å². The van der Waals surface area contributed by atoms with E-state index in [1.807, 2.05) is 0 Å². The number of carbonyl (C=O) groups excluding carboxylic acids is 4. The second-order valence-electron chi connectivity index (χ2n) is 4.63. The maximum absolute atomic E-state index is 11.5. The minimum absolute atomic E-state index is 0.0180. The summed E-state index contributed by atoms with van der Waals surface area (Å²) in [5.41, 5.74) is 19.7. The van der Waals surface area contributed by atoms with Crippen LogP contribution < -0.4 is 33.6 Å². The number of carbonyl (C=O) groups is 4. The van der Waals surface area contributed by atoms with E-state index in [4.69, 9.17) is 22.9 Å². The quantitative estimate of drug-likeness (QED) is 0.365. The number of fused-ring (bicyclic) bond motifs is 1. The molecule has 0 aliphatic heterocycles. The van der Waals surface area contributed by atoms with Crippen LogP contribution in [0, 0.1) is 0 Å². The van der Waals surface area contributed by atoms with Gasteiger partial charge in [0.15, 0.2) is 0 Å². The number of primary amides is 4. The van der Waals surface area contributed by atoms with E-state index < -0.39 is 34.8 Å². The molecule has 1 aromatic heterocycles. The molecule has 0 fully saturated rings. The van der Waals surface area contributed by atoms with Crippen LogP contribution in [0.15, 0.2) is 24.3 Å². The standard InChI is InChI=1S/C14H13N5O4/c15-11(20)7(12(16)21)9-5-3-1-2-4-6(5)10(19-9)8(13(17)22)14(18)23/h1-4,19H,(H2,15,20)(H2,16,21)(H2,17,22)(H2,18,23). The SMILES string of the molecule is NC(=O)C(C(N)=O)=c1[nH]c(=C(C(N)=O)C(N)=O)c2ccccc12. The first-order valence-electron chi connectivity index (χ1n) is 6.30. The number of hydrogen-bond acceptors (Lipinski definition) is 4. The van der Waals surface area contributed by atoms with Crippen molar-refractivity contribution in [3.8, 4) is 0 Å². The number of nitrogens with two attached hydrogens (primary N) is 4. The Morgan fingerprint density at radius 2 is 0.957 bits per heavy atom. The summed E-state index contributed by atoms with van der Waals surface area (Å²) < 4.78 is 0. The Labute approximate surface area is 128 Å². The van der Waals surface area contributed by atoms with Gasteiger partial charge in [-0.1, -0.05) is 24.3 Å². The predicted octanol–water partition coefficient (Wildman–Crippen LogP) is -3.59. The molecular formula is C14H13N5O4. The highest BCUT2D eigenvalue weighted by atomic mass is 16.2. The first-order valence-corrected chi connectivity index (χ1v) is 6.30. The van der Waals surface area contributed by atoms with Gasteiger partial charge in [-0.2, -0.15) is 0 Å². The molecule has 9 N–H and O–H groups in total. The summed E-state index contributed by atoms with van der Waals surface area (Å²) >= 11 is 0. The highest BCUT2D eigenvalue weighted by molar-refractivity contribution is 6.41. The molecule has 0 unspecified atom stereocenters. The van der Waals surface area contributed by atoms with Crippen molar-refractivity contribution in [2.75, 3.05) is 0 Å². The van der Waals surface area contributed by atoms with Crippen molar-refractivity contribution in [3.63, 3.8) is 0 Å². The van der Waals surface area contributed by atoms with Crippen LogP contribution in [-0.2, 0) is 19.2 Å². The molecule has 23 heavy (non-hydrogen) atoms. The maximum atomic E-state index is 11.5. The Morgan fingerprint density at radius 3 is 1.22 bits per heavy atom. The number of aromatic nitrogens is 1. The molecule has 0 atom stereocenters. The van der Waals surface area contributed by atoms with Gasteiger partial charge in [-0.25, -0.2) is 0 Å². The molecule has 9 nitrogen and oxygen atoms in total. The maximum Gasteiger partial charge on any atom is 0.256 e. The van der Waals surface area contributed by atoms with E-state index >= 15 is 0 Å². The summed E-state index contributed by atoms with van der Waals surface area (Å²) in [5, 5.41) is 0.677. The zero-order chi connectivity index (χ0) is 17.3. The van der Waals surface area contributed by atoms with Crippen LogP contribution in [0.25, 0.3) is 21.9 Å². The van der Waals surface area contributed by atoms with E-state index in [0.29, 0.717) is 10.8 Å². The summed E-state index contributed by atoms with van der Waals surface area (Å²) in [5.74, 6) is -4.24. The van der Waals surface area contributed by atoms with Crippen molar-refractivity contribution in [2.24, 2.45) is 22.9 Å². The molecule has 1 heterocycles. The molecule has 0 aliphatic carbocycles. The van der Waals surface area contributed by atoms with Gasteiger partial charge in [-0.15, -0.1) is 0 Å². The molecule has 9 heteroatoms. The van der Waals surface area contributed by atoms with Gasteiger partial charge in [0, 0.05) is 10.8 Å². The normalized spacial score (nSPS) is 10.3. The fourth-order valence-corrected chi connectivity index (χ4v) is 2.31. The van der Waals surface area contributed by atoms with Gasteiger partial charge in [0.05, 0.1) is 10.7 Å². The molecule has 0 bridgehead atoms. The predicted molar refractivity (Wildman–Crippen MR) is 81.1 cm³/mol. The Kier molecular flexibility index (Phi) is 3.86. The van der Waals surface area contributed by atoms with Crippen molar-refractivity contribution in [3.05, 3.63) is 35.0 Å². The van der Waals surface area contributed by atoms with Crippen molar-refractivity contribution < 1.29 is 19.2 Å². The highest BCUT2D eigenvalue weighted by Crippen LogP contribution is 2.07. The van der Waals surface area contributed by atoms with Gasteiger partial charge in [-0.3, -0.25) is 19.2 Å².